The van der Waals surface area contributed by atoms with Crippen molar-refractivity contribution in [3.8, 4) is 0 Å². The molecule has 1 aliphatic heterocycles. The SMILES string of the molecule is Cc1ccc(/C(O)=C2\C(=O)C(=O)N(c3ccc(C)c(C)c3)C2c2cccnc2)cc1. The van der Waals surface area contributed by atoms with Gasteiger partial charge < -0.3 is 5.11 Å². The Morgan fingerprint density at radius 3 is 2.33 bits per heavy atom. The summed E-state index contributed by atoms with van der Waals surface area (Å²) < 4.78 is 0. The molecule has 0 bridgehead atoms. The standard InChI is InChI=1S/C25H22N2O3/c1-15-6-9-18(10-7-15)23(28)21-22(19-5-4-12-26-14-19)27(25(30)24(21)29)20-11-8-16(2)17(3)13-20/h4-14,22,28H,1-3H3/b23-21+. The molecule has 1 aliphatic rings. The number of aliphatic hydroxyl groups excluding tert-OH is 1. The van der Waals surface area contributed by atoms with Crippen LogP contribution in [-0.4, -0.2) is 21.8 Å². The predicted octanol–water partition coefficient (Wildman–Crippen LogP) is 4.63. The number of aliphatic hydroxyl groups is 1. The van der Waals surface area contributed by atoms with Crippen molar-refractivity contribution < 1.29 is 14.7 Å². The average molecular weight is 398 g/mol. The molecule has 150 valence electrons. The van der Waals surface area contributed by atoms with Crippen LogP contribution in [0.15, 0.2) is 72.6 Å². The van der Waals surface area contributed by atoms with E-state index in [0.29, 0.717) is 16.8 Å². The number of anilines is 1. The lowest BCUT2D eigenvalue weighted by molar-refractivity contribution is -0.132. The molecule has 0 spiro atoms. The summed E-state index contributed by atoms with van der Waals surface area (Å²) in [5, 5.41) is 11.1. The fourth-order valence-corrected chi connectivity index (χ4v) is 3.69. The van der Waals surface area contributed by atoms with Crippen molar-refractivity contribution in [2.24, 2.45) is 0 Å². The highest BCUT2D eigenvalue weighted by atomic mass is 16.3. The van der Waals surface area contributed by atoms with Gasteiger partial charge in [0.1, 0.15) is 5.76 Å². The van der Waals surface area contributed by atoms with E-state index in [-0.39, 0.29) is 11.3 Å². The first-order valence-electron chi connectivity index (χ1n) is 9.73. The Kier molecular flexibility index (Phi) is 4.96. The zero-order chi connectivity index (χ0) is 21.4. The van der Waals surface area contributed by atoms with Crippen molar-refractivity contribution in [1.29, 1.82) is 0 Å². The van der Waals surface area contributed by atoms with Gasteiger partial charge in [0.05, 0.1) is 11.6 Å². The molecule has 1 unspecified atom stereocenters. The summed E-state index contributed by atoms with van der Waals surface area (Å²) in [6.45, 7) is 5.89. The van der Waals surface area contributed by atoms with E-state index in [1.807, 2.05) is 51.1 Å². The Bertz CT molecular complexity index is 1160. The summed E-state index contributed by atoms with van der Waals surface area (Å²) in [4.78, 5) is 31.8. The van der Waals surface area contributed by atoms with E-state index in [1.165, 1.54) is 4.90 Å². The summed E-state index contributed by atoms with van der Waals surface area (Å²) in [5.74, 6) is -1.56. The number of hydrogen-bond donors (Lipinski definition) is 1. The summed E-state index contributed by atoms with van der Waals surface area (Å²) in [6, 6.07) is 15.6. The molecule has 30 heavy (non-hydrogen) atoms. The lowest BCUT2D eigenvalue weighted by Gasteiger charge is -2.25. The van der Waals surface area contributed by atoms with E-state index in [4.69, 9.17) is 0 Å². The van der Waals surface area contributed by atoms with Gasteiger partial charge in [-0.2, -0.15) is 0 Å². The zero-order valence-electron chi connectivity index (χ0n) is 17.1. The molecular weight excluding hydrogens is 376 g/mol. The van der Waals surface area contributed by atoms with Crippen LogP contribution in [0.4, 0.5) is 5.69 Å². The minimum Gasteiger partial charge on any atom is -0.507 e. The van der Waals surface area contributed by atoms with E-state index in [2.05, 4.69) is 4.98 Å². The first-order valence-corrected chi connectivity index (χ1v) is 9.73. The molecule has 0 saturated carbocycles. The maximum absolute atomic E-state index is 13.1. The molecular formula is C25H22N2O3. The number of carbonyl (C=O) groups is 2. The van der Waals surface area contributed by atoms with E-state index in [9.17, 15) is 14.7 Å². The molecule has 1 amide bonds. The van der Waals surface area contributed by atoms with Crippen molar-refractivity contribution >= 4 is 23.1 Å². The summed E-state index contributed by atoms with van der Waals surface area (Å²) >= 11 is 0. The molecule has 1 atom stereocenters. The third-order valence-corrected chi connectivity index (χ3v) is 5.54. The van der Waals surface area contributed by atoms with Crippen LogP contribution in [0.5, 0.6) is 0 Å². The van der Waals surface area contributed by atoms with Crippen LogP contribution in [-0.2, 0) is 9.59 Å². The predicted molar refractivity (Wildman–Crippen MR) is 116 cm³/mol. The van der Waals surface area contributed by atoms with Crippen LogP contribution >= 0.6 is 0 Å². The molecule has 2 heterocycles. The minimum atomic E-state index is -0.762. The number of Topliss-reactive ketones (excluding diaryl/α,β-unsaturated/α-hetero) is 1. The lowest BCUT2D eigenvalue weighted by Crippen LogP contribution is -2.29. The normalized spacial score (nSPS) is 18.1. The van der Waals surface area contributed by atoms with Gasteiger partial charge in [0.2, 0.25) is 0 Å². The Hall–Kier alpha value is -3.73. The third-order valence-electron chi connectivity index (χ3n) is 5.54. The molecule has 2 aromatic carbocycles. The highest BCUT2D eigenvalue weighted by molar-refractivity contribution is 6.51. The molecule has 3 aromatic rings. The number of carbonyl (C=O) groups excluding carboxylic acids is 2. The van der Waals surface area contributed by atoms with Crippen molar-refractivity contribution in [3.05, 3.63) is 100 Å². The van der Waals surface area contributed by atoms with Crippen molar-refractivity contribution in [2.75, 3.05) is 4.90 Å². The van der Waals surface area contributed by atoms with Gasteiger partial charge in [-0.15, -0.1) is 0 Å². The van der Waals surface area contributed by atoms with Gasteiger partial charge in [0, 0.05) is 23.6 Å². The minimum absolute atomic E-state index is 0.0649. The van der Waals surface area contributed by atoms with Gasteiger partial charge in [-0.3, -0.25) is 19.5 Å². The number of pyridine rings is 1. The lowest BCUT2D eigenvalue weighted by atomic mass is 9.95. The molecule has 5 heteroatoms. The van der Waals surface area contributed by atoms with E-state index < -0.39 is 17.7 Å². The van der Waals surface area contributed by atoms with Crippen molar-refractivity contribution in [3.63, 3.8) is 0 Å². The first-order chi connectivity index (χ1) is 14.4. The molecule has 0 radical (unpaired) electrons. The van der Waals surface area contributed by atoms with E-state index in [1.54, 1.807) is 36.7 Å². The Morgan fingerprint density at radius 1 is 0.967 bits per heavy atom. The smallest absolute Gasteiger partial charge is 0.300 e. The quantitative estimate of drug-likeness (QED) is 0.397. The molecule has 1 saturated heterocycles. The summed E-state index contributed by atoms with van der Waals surface area (Å²) in [6.07, 6.45) is 3.25. The number of benzene rings is 2. The van der Waals surface area contributed by atoms with E-state index >= 15 is 0 Å². The Balaban J connectivity index is 1.94. The van der Waals surface area contributed by atoms with Crippen LogP contribution in [0.25, 0.3) is 5.76 Å². The zero-order valence-corrected chi connectivity index (χ0v) is 17.1. The summed E-state index contributed by atoms with van der Waals surface area (Å²) in [7, 11) is 0. The van der Waals surface area contributed by atoms with Gasteiger partial charge >= 0.3 is 0 Å². The molecule has 4 rings (SSSR count). The van der Waals surface area contributed by atoms with Crippen LogP contribution in [0.2, 0.25) is 0 Å². The fourth-order valence-electron chi connectivity index (χ4n) is 3.69. The highest BCUT2D eigenvalue weighted by Crippen LogP contribution is 2.42. The second-order valence-electron chi connectivity index (χ2n) is 7.59. The topological polar surface area (TPSA) is 70.5 Å². The van der Waals surface area contributed by atoms with Crippen LogP contribution in [0, 0.1) is 20.8 Å². The number of nitrogens with zero attached hydrogens (tertiary/aromatic N) is 2. The number of rotatable bonds is 3. The maximum atomic E-state index is 13.1. The van der Waals surface area contributed by atoms with Crippen LogP contribution in [0.3, 0.4) is 0 Å². The third kappa shape index (κ3) is 3.28. The van der Waals surface area contributed by atoms with Crippen LogP contribution in [0.1, 0.15) is 33.9 Å². The second kappa shape index (κ2) is 7.59. The molecule has 0 aliphatic carbocycles. The second-order valence-corrected chi connectivity index (χ2v) is 7.59. The number of hydrogen-bond acceptors (Lipinski definition) is 4. The van der Waals surface area contributed by atoms with Crippen molar-refractivity contribution in [1.82, 2.24) is 4.98 Å². The summed E-state index contributed by atoms with van der Waals surface area (Å²) in [5.41, 5.74) is 4.96. The van der Waals surface area contributed by atoms with E-state index in [0.717, 1.165) is 16.7 Å². The molecule has 1 aromatic heterocycles. The van der Waals surface area contributed by atoms with Gasteiger partial charge in [0.25, 0.3) is 11.7 Å². The van der Waals surface area contributed by atoms with Gasteiger partial charge in [-0.25, -0.2) is 0 Å². The maximum Gasteiger partial charge on any atom is 0.300 e. The number of amides is 1. The number of aryl methyl sites for hydroxylation is 3. The van der Waals surface area contributed by atoms with Gasteiger partial charge in [0.15, 0.2) is 0 Å². The monoisotopic (exact) mass is 398 g/mol. The fraction of sp³-hybridized carbons (Fsp3) is 0.160. The van der Waals surface area contributed by atoms with Gasteiger partial charge in [-0.1, -0.05) is 42.0 Å². The van der Waals surface area contributed by atoms with Gasteiger partial charge in [-0.05, 0) is 55.7 Å². The highest BCUT2D eigenvalue weighted by Gasteiger charge is 2.47. The van der Waals surface area contributed by atoms with Crippen molar-refractivity contribution in [2.45, 2.75) is 26.8 Å². The Labute approximate surface area is 175 Å². The number of ketones is 1. The average Bonchev–Trinajstić information content (AvgIpc) is 3.01. The molecule has 5 nitrogen and oxygen atoms in total. The number of aromatic nitrogens is 1. The largest absolute Gasteiger partial charge is 0.507 e. The molecule has 1 N–H and O–H groups in total. The first kappa shape index (κ1) is 19.6. The molecule has 1 fully saturated rings. The Morgan fingerprint density at radius 2 is 1.70 bits per heavy atom. The van der Waals surface area contributed by atoms with Crippen LogP contribution < -0.4 is 4.90 Å².